The Morgan fingerprint density at radius 1 is 1.42 bits per heavy atom. The van der Waals surface area contributed by atoms with Crippen LogP contribution in [0.4, 0.5) is 8.78 Å². The van der Waals surface area contributed by atoms with Crippen LogP contribution in [0, 0.1) is 11.6 Å². The highest BCUT2D eigenvalue weighted by molar-refractivity contribution is 5.86. The van der Waals surface area contributed by atoms with E-state index >= 15 is 0 Å². The molecule has 5 nitrogen and oxygen atoms in total. The molecule has 7 heteroatoms. The fraction of sp³-hybridized carbons (Fsp3) is 0.333. The lowest BCUT2D eigenvalue weighted by atomic mass is 10.1. The second-order valence-electron chi connectivity index (χ2n) is 4.10. The van der Waals surface area contributed by atoms with E-state index < -0.39 is 42.0 Å². The normalized spacial score (nSPS) is 13.7. The second-order valence-corrected chi connectivity index (χ2v) is 4.10. The molecule has 1 aromatic carbocycles. The molecule has 0 radical (unpaired) electrons. The molecule has 2 unspecified atom stereocenters. The van der Waals surface area contributed by atoms with E-state index in [1.54, 1.807) is 0 Å². The molecule has 0 saturated carbocycles. The summed E-state index contributed by atoms with van der Waals surface area (Å²) in [5.74, 6) is -3.43. The van der Waals surface area contributed by atoms with Crippen molar-refractivity contribution < 1.29 is 23.5 Å². The molecule has 0 saturated heterocycles. The molecule has 0 fully saturated rings. The van der Waals surface area contributed by atoms with Gasteiger partial charge >= 0.3 is 5.97 Å². The number of carbonyl (C=O) groups excluding carboxylic acids is 1. The van der Waals surface area contributed by atoms with Crippen molar-refractivity contribution in [3.8, 4) is 0 Å². The lowest BCUT2D eigenvalue weighted by Crippen LogP contribution is -2.43. The molecule has 104 valence electrons. The largest absolute Gasteiger partial charge is 0.481 e. The highest BCUT2D eigenvalue weighted by Gasteiger charge is 2.20. The summed E-state index contributed by atoms with van der Waals surface area (Å²) < 4.78 is 26.2. The molecule has 1 rings (SSSR count). The lowest BCUT2D eigenvalue weighted by molar-refractivity contribution is -0.139. The lowest BCUT2D eigenvalue weighted by Gasteiger charge is -2.17. The summed E-state index contributed by atoms with van der Waals surface area (Å²) in [6, 6.07) is 1.02. The number of amides is 1. The minimum atomic E-state index is -1.22. The van der Waals surface area contributed by atoms with Crippen molar-refractivity contribution in [1.82, 2.24) is 5.32 Å². The van der Waals surface area contributed by atoms with Gasteiger partial charge in [-0.3, -0.25) is 9.59 Å². The number of halogens is 2. The number of hydrogen-bond acceptors (Lipinski definition) is 3. The van der Waals surface area contributed by atoms with Crippen LogP contribution in [0.1, 0.15) is 24.9 Å². The maximum Gasteiger partial charge on any atom is 0.305 e. The summed E-state index contributed by atoms with van der Waals surface area (Å²) >= 11 is 0. The van der Waals surface area contributed by atoms with Crippen LogP contribution in [0.2, 0.25) is 0 Å². The minimum Gasteiger partial charge on any atom is -0.481 e. The first-order chi connectivity index (χ1) is 8.81. The number of carboxylic acid groups (broad SMARTS) is 1. The topological polar surface area (TPSA) is 92.4 Å². The van der Waals surface area contributed by atoms with E-state index in [9.17, 15) is 18.4 Å². The summed E-state index contributed by atoms with van der Waals surface area (Å²) in [6.07, 6.45) is -0.523. The van der Waals surface area contributed by atoms with Gasteiger partial charge in [-0.05, 0) is 13.0 Å². The van der Waals surface area contributed by atoms with Crippen molar-refractivity contribution in [2.45, 2.75) is 25.4 Å². The number of rotatable bonds is 5. The number of carboxylic acids is 1. The Kier molecular flexibility index (Phi) is 4.94. The van der Waals surface area contributed by atoms with E-state index in [0.717, 1.165) is 6.07 Å². The highest BCUT2D eigenvalue weighted by Crippen LogP contribution is 2.17. The van der Waals surface area contributed by atoms with Crippen LogP contribution in [0.3, 0.4) is 0 Å². The highest BCUT2D eigenvalue weighted by atomic mass is 19.1. The van der Waals surface area contributed by atoms with Gasteiger partial charge in [0.1, 0.15) is 11.6 Å². The van der Waals surface area contributed by atoms with Gasteiger partial charge < -0.3 is 16.2 Å². The zero-order valence-electron chi connectivity index (χ0n) is 10.2. The van der Waals surface area contributed by atoms with Crippen molar-refractivity contribution in [2.75, 3.05) is 0 Å². The smallest absolute Gasteiger partial charge is 0.305 e. The zero-order chi connectivity index (χ0) is 14.6. The SMILES string of the molecule is CC(NC(=O)C(N)CC(=O)O)c1ccc(F)cc1F. The molecule has 0 aliphatic heterocycles. The molecule has 0 aromatic heterocycles. The Morgan fingerprint density at radius 3 is 2.58 bits per heavy atom. The molecule has 2 atom stereocenters. The van der Waals surface area contributed by atoms with Gasteiger partial charge in [0.2, 0.25) is 5.91 Å². The average molecular weight is 272 g/mol. The molecule has 1 amide bonds. The predicted molar refractivity (Wildman–Crippen MR) is 63.1 cm³/mol. The minimum absolute atomic E-state index is 0.0947. The summed E-state index contributed by atoms with van der Waals surface area (Å²) in [5, 5.41) is 10.9. The molecule has 19 heavy (non-hydrogen) atoms. The van der Waals surface area contributed by atoms with Crippen LogP contribution in [0.25, 0.3) is 0 Å². The molecule has 0 heterocycles. The average Bonchev–Trinajstić information content (AvgIpc) is 2.27. The van der Waals surface area contributed by atoms with Crippen LogP contribution in [0.15, 0.2) is 18.2 Å². The number of aliphatic carboxylic acids is 1. The molecule has 0 aliphatic rings. The van der Waals surface area contributed by atoms with Crippen LogP contribution < -0.4 is 11.1 Å². The molecule has 0 spiro atoms. The number of carbonyl (C=O) groups is 2. The van der Waals surface area contributed by atoms with Crippen molar-refractivity contribution in [1.29, 1.82) is 0 Å². The van der Waals surface area contributed by atoms with Crippen molar-refractivity contribution >= 4 is 11.9 Å². The number of benzene rings is 1. The van der Waals surface area contributed by atoms with Crippen molar-refractivity contribution in [3.63, 3.8) is 0 Å². The van der Waals surface area contributed by atoms with Crippen LogP contribution >= 0.6 is 0 Å². The van der Waals surface area contributed by atoms with Gasteiger partial charge in [-0.15, -0.1) is 0 Å². The van der Waals surface area contributed by atoms with Gasteiger partial charge in [-0.25, -0.2) is 8.78 Å². The second kappa shape index (κ2) is 6.24. The molecule has 0 aliphatic carbocycles. The zero-order valence-corrected chi connectivity index (χ0v) is 10.2. The first-order valence-corrected chi connectivity index (χ1v) is 5.54. The third-order valence-corrected chi connectivity index (χ3v) is 2.52. The first-order valence-electron chi connectivity index (χ1n) is 5.54. The maximum absolute atomic E-state index is 13.4. The number of hydrogen-bond donors (Lipinski definition) is 3. The Labute approximate surface area is 108 Å². The molecule has 1 aromatic rings. The molecule has 4 N–H and O–H groups in total. The van der Waals surface area contributed by atoms with Crippen LogP contribution in [-0.4, -0.2) is 23.0 Å². The van der Waals surface area contributed by atoms with Crippen LogP contribution in [0.5, 0.6) is 0 Å². The van der Waals surface area contributed by atoms with Gasteiger partial charge in [0.15, 0.2) is 0 Å². The number of nitrogens with one attached hydrogen (secondary N) is 1. The van der Waals surface area contributed by atoms with Crippen molar-refractivity contribution in [2.24, 2.45) is 5.73 Å². The molecular weight excluding hydrogens is 258 g/mol. The molecule has 0 bridgehead atoms. The third-order valence-electron chi connectivity index (χ3n) is 2.52. The van der Waals surface area contributed by atoms with E-state index in [1.165, 1.54) is 13.0 Å². The van der Waals surface area contributed by atoms with Gasteiger partial charge in [0.05, 0.1) is 18.5 Å². The summed E-state index contributed by atoms with van der Waals surface area (Å²) in [7, 11) is 0. The standard InChI is InChI=1S/C12H14F2N2O3/c1-6(8-3-2-7(13)4-9(8)14)16-12(19)10(15)5-11(17)18/h2-4,6,10H,5,15H2,1H3,(H,16,19)(H,17,18). The first kappa shape index (κ1) is 15.0. The van der Waals surface area contributed by atoms with Crippen molar-refractivity contribution in [3.05, 3.63) is 35.4 Å². The van der Waals surface area contributed by atoms with E-state index in [4.69, 9.17) is 10.8 Å². The van der Waals surface area contributed by atoms with Gasteiger partial charge in [0.25, 0.3) is 0 Å². The van der Waals surface area contributed by atoms with Crippen LogP contribution in [-0.2, 0) is 9.59 Å². The summed E-state index contributed by atoms with van der Waals surface area (Å²) in [4.78, 5) is 21.9. The Hall–Kier alpha value is -2.02. The quantitative estimate of drug-likeness (QED) is 0.744. The van der Waals surface area contributed by atoms with Gasteiger partial charge in [-0.2, -0.15) is 0 Å². The fourth-order valence-electron chi connectivity index (χ4n) is 1.53. The maximum atomic E-state index is 13.4. The monoisotopic (exact) mass is 272 g/mol. The predicted octanol–water partition coefficient (Wildman–Crippen LogP) is 0.944. The number of nitrogens with two attached hydrogens (primary N) is 1. The molecular formula is C12H14F2N2O3. The van der Waals surface area contributed by atoms with E-state index in [2.05, 4.69) is 5.32 Å². The Morgan fingerprint density at radius 2 is 2.05 bits per heavy atom. The van der Waals surface area contributed by atoms with Gasteiger partial charge in [-0.1, -0.05) is 6.07 Å². The van der Waals surface area contributed by atoms with E-state index in [1.807, 2.05) is 0 Å². The van der Waals surface area contributed by atoms with Gasteiger partial charge in [0, 0.05) is 11.6 Å². The Balaban J connectivity index is 2.71. The third kappa shape index (κ3) is 4.29. The summed E-state index contributed by atoms with van der Waals surface area (Å²) in [6.45, 7) is 1.49. The summed E-state index contributed by atoms with van der Waals surface area (Å²) in [5.41, 5.74) is 5.45. The Bertz CT molecular complexity index is 494. The fourth-order valence-corrected chi connectivity index (χ4v) is 1.53. The van der Waals surface area contributed by atoms with E-state index in [-0.39, 0.29) is 5.56 Å². The van der Waals surface area contributed by atoms with E-state index in [0.29, 0.717) is 6.07 Å².